The Hall–Kier alpha value is -1.25. The minimum atomic E-state index is 0.0631. The Morgan fingerprint density at radius 1 is 1.50 bits per heavy atom. The molecule has 1 amide bonds. The van der Waals surface area contributed by atoms with Crippen LogP contribution < -0.4 is 0 Å². The van der Waals surface area contributed by atoms with Crippen LogP contribution in [-0.2, 0) is 7.05 Å². The molecule has 0 bridgehead atoms. The molecule has 0 fully saturated rings. The predicted octanol–water partition coefficient (Wildman–Crippen LogP) is 1.04. The molecule has 0 atom stereocenters. The molecule has 3 heteroatoms. The van der Waals surface area contributed by atoms with E-state index in [2.05, 4.69) is 0 Å². The molecule has 1 rings (SSSR count). The molecule has 3 nitrogen and oxygen atoms in total. The Balaban J connectivity index is 3.04. The third-order valence-electron chi connectivity index (χ3n) is 2.02. The van der Waals surface area contributed by atoms with E-state index in [1.807, 2.05) is 30.8 Å². The average Bonchev–Trinajstić information content (AvgIpc) is 2.32. The minimum absolute atomic E-state index is 0.0631. The number of rotatable bonds is 1. The summed E-state index contributed by atoms with van der Waals surface area (Å²) in [5.41, 5.74) is 1.79. The molecule has 1 aromatic heterocycles. The zero-order valence-electron chi connectivity index (χ0n) is 7.96. The van der Waals surface area contributed by atoms with Gasteiger partial charge in [0.05, 0.1) is 5.56 Å². The lowest BCUT2D eigenvalue weighted by Crippen LogP contribution is -2.22. The molecule has 0 aromatic carbocycles. The van der Waals surface area contributed by atoms with Crippen LogP contribution in [0.4, 0.5) is 0 Å². The van der Waals surface area contributed by atoms with Gasteiger partial charge in [-0.1, -0.05) is 0 Å². The van der Waals surface area contributed by atoms with E-state index in [1.165, 1.54) is 0 Å². The molecule has 0 aliphatic rings. The lowest BCUT2D eigenvalue weighted by molar-refractivity contribution is 0.0827. The fourth-order valence-electron chi connectivity index (χ4n) is 1.08. The minimum Gasteiger partial charge on any atom is -0.354 e. The van der Waals surface area contributed by atoms with Gasteiger partial charge in [0.25, 0.3) is 5.91 Å². The van der Waals surface area contributed by atoms with Gasteiger partial charge in [-0.2, -0.15) is 0 Å². The maximum atomic E-state index is 11.5. The summed E-state index contributed by atoms with van der Waals surface area (Å²) in [7, 11) is 5.45. The Morgan fingerprint density at radius 3 is 2.42 bits per heavy atom. The van der Waals surface area contributed by atoms with Crippen LogP contribution in [0.3, 0.4) is 0 Å². The molecule has 0 unspecified atom stereocenters. The second-order valence-corrected chi connectivity index (χ2v) is 3.13. The molecule has 0 saturated heterocycles. The van der Waals surface area contributed by atoms with E-state index in [-0.39, 0.29) is 5.91 Å². The number of hydrogen-bond acceptors (Lipinski definition) is 1. The number of aryl methyl sites for hydroxylation is 1. The van der Waals surface area contributed by atoms with Gasteiger partial charge >= 0.3 is 0 Å². The second kappa shape index (κ2) is 3.01. The molecular formula is C9H14N2O. The number of carbonyl (C=O) groups excluding carboxylic acids is 1. The average molecular weight is 166 g/mol. The van der Waals surface area contributed by atoms with E-state index >= 15 is 0 Å². The highest BCUT2D eigenvalue weighted by Gasteiger charge is 2.12. The van der Waals surface area contributed by atoms with Gasteiger partial charge in [0, 0.05) is 33.0 Å². The fraction of sp³-hybridized carbons (Fsp3) is 0.444. The van der Waals surface area contributed by atoms with E-state index in [4.69, 9.17) is 0 Å². The van der Waals surface area contributed by atoms with Gasteiger partial charge in [0.2, 0.25) is 0 Å². The topological polar surface area (TPSA) is 25.2 Å². The van der Waals surface area contributed by atoms with Crippen LogP contribution in [0.25, 0.3) is 0 Å². The maximum Gasteiger partial charge on any atom is 0.255 e. The van der Waals surface area contributed by atoms with E-state index < -0.39 is 0 Å². The van der Waals surface area contributed by atoms with Gasteiger partial charge in [-0.15, -0.1) is 0 Å². The first-order valence-corrected chi connectivity index (χ1v) is 3.87. The highest BCUT2D eigenvalue weighted by atomic mass is 16.2. The van der Waals surface area contributed by atoms with Gasteiger partial charge in [-0.25, -0.2) is 0 Å². The lowest BCUT2D eigenvalue weighted by Gasteiger charge is -2.09. The maximum absolute atomic E-state index is 11.5. The van der Waals surface area contributed by atoms with Crippen LogP contribution in [0.2, 0.25) is 0 Å². The number of nitrogens with zero attached hydrogens (tertiary/aromatic N) is 2. The normalized spacial score (nSPS) is 10.0. The molecule has 0 aliphatic carbocycles. The summed E-state index contributed by atoms with van der Waals surface area (Å²) in [6.45, 7) is 1.94. The summed E-state index contributed by atoms with van der Waals surface area (Å²) in [5, 5.41) is 0. The van der Waals surface area contributed by atoms with Crippen molar-refractivity contribution >= 4 is 5.91 Å². The monoisotopic (exact) mass is 166 g/mol. The molecular weight excluding hydrogens is 152 g/mol. The van der Waals surface area contributed by atoms with E-state index in [9.17, 15) is 4.79 Å². The number of carbonyl (C=O) groups is 1. The molecule has 0 spiro atoms. The van der Waals surface area contributed by atoms with Crippen molar-refractivity contribution in [1.29, 1.82) is 0 Å². The highest BCUT2D eigenvalue weighted by Crippen LogP contribution is 2.09. The molecule has 1 aromatic rings. The van der Waals surface area contributed by atoms with Crippen LogP contribution in [0, 0.1) is 6.92 Å². The largest absolute Gasteiger partial charge is 0.354 e. The summed E-state index contributed by atoms with van der Waals surface area (Å²) in [6.07, 6.45) is 1.89. The Morgan fingerprint density at radius 2 is 2.08 bits per heavy atom. The summed E-state index contributed by atoms with van der Waals surface area (Å²) < 4.78 is 1.94. The molecule has 0 N–H and O–H groups in total. The van der Waals surface area contributed by atoms with Crippen molar-refractivity contribution in [1.82, 2.24) is 9.47 Å². The summed E-state index contributed by atoms with van der Waals surface area (Å²) >= 11 is 0. The Bertz CT molecular complexity index is 299. The Labute approximate surface area is 72.6 Å². The third-order valence-corrected chi connectivity index (χ3v) is 2.02. The fourth-order valence-corrected chi connectivity index (χ4v) is 1.08. The van der Waals surface area contributed by atoms with Gasteiger partial charge in [0.1, 0.15) is 0 Å². The summed E-state index contributed by atoms with van der Waals surface area (Å²) in [5.74, 6) is 0.0631. The van der Waals surface area contributed by atoms with Gasteiger partial charge in [0.15, 0.2) is 0 Å². The second-order valence-electron chi connectivity index (χ2n) is 3.13. The van der Waals surface area contributed by atoms with Crippen molar-refractivity contribution in [3.63, 3.8) is 0 Å². The smallest absolute Gasteiger partial charge is 0.255 e. The zero-order chi connectivity index (χ0) is 9.30. The molecule has 0 saturated carbocycles. The number of hydrogen-bond donors (Lipinski definition) is 0. The van der Waals surface area contributed by atoms with E-state index in [0.717, 1.165) is 11.3 Å². The zero-order valence-corrected chi connectivity index (χ0v) is 7.96. The van der Waals surface area contributed by atoms with E-state index in [0.29, 0.717) is 0 Å². The first-order valence-electron chi connectivity index (χ1n) is 3.87. The lowest BCUT2D eigenvalue weighted by atomic mass is 10.2. The van der Waals surface area contributed by atoms with Crippen molar-refractivity contribution in [2.45, 2.75) is 6.92 Å². The molecule has 0 aliphatic heterocycles. The van der Waals surface area contributed by atoms with Crippen molar-refractivity contribution < 1.29 is 4.79 Å². The Kier molecular flexibility index (Phi) is 2.22. The summed E-state index contributed by atoms with van der Waals surface area (Å²) in [6, 6.07) is 1.84. The molecule has 1 heterocycles. The van der Waals surface area contributed by atoms with Gasteiger partial charge in [-0.3, -0.25) is 4.79 Å². The highest BCUT2D eigenvalue weighted by molar-refractivity contribution is 5.95. The van der Waals surface area contributed by atoms with Crippen LogP contribution in [-0.4, -0.2) is 29.5 Å². The molecule has 66 valence electrons. The number of aromatic nitrogens is 1. The standard InChI is InChI=1S/C9H14N2O/c1-7-8(5-6-11(7)4)9(12)10(2)3/h5-6H,1-4H3. The van der Waals surface area contributed by atoms with Gasteiger partial charge in [-0.05, 0) is 13.0 Å². The SMILES string of the molecule is Cc1c(C(=O)N(C)C)ccn1C. The molecule has 12 heavy (non-hydrogen) atoms. The quantitative estimate of drug-likeness (QED) is 0.612. The van der Waals surface area contributed by atoms with Crippen LogP contribution >= 0.6 is 0 Å². The molecule has 0 radical (unpaired) electrons. The van der Waals surface area contributed by atoms with Crippen molar-refractivity contribution in [3.05, 3.63) is 23.5 Å². The van der Waals surface area contributed by atoms with Crippen molar-refractivity contribution in [2.24, 2.45) is 7.05 Å². The van der Waals surface area contributed by atoms with Crippen LogP contribution in [0.15, 0.2) is 12.3 Å². The van der Waals surface area contributed by atoms with Crippen molar-refractivity contribution in [3.8, 4) is 0 Å². The first kappa shape index (κ1) is 8.84. The van der Waals surface area contributed by atoms with Crippen LogP contribution in [0.1, 0.15) is 16.1 Å². The first-order chi connectivity index (χ1) is 5.54. The van der Waals surface area contributed by atoms with Crippen molar-refractivity contribution in [2.75, 3.05) is 14.1 Å². The third kappa shape index (κ3) is 1.35. The van der Waals surface area contributed by atoms with Crippen LogP contribution in [0.5, 0.6) is 0 Å². The predicted molar refractivity (Wildman–Crippen MR) is 48.2 cm³/mol. The van der Waals surface area contributed by atoms with E-state index in [1.54, 1.807) is 19.0 Å². The number of amides is 1. The van der Waals surface area contributed by atoms with Gasteiger partial charge < -0.3 is 9.47 Å². The summed E-state index contributed by atoms with van der Waals surface area (Å²) in [4.78, 5) is 13.1.